The van der Waals surface area contributed by atoms with Gasteiger partial charge in [0.25, 0.3) is 0 Å². The maximum atomic E-state index is 11.4. The molecule has 0 saturated carbocycles. The van der Waals surface area contributed by atoms with Crippen LogP contribution in [0.1, 0.15) is 23.0 Å². The fourth-order valence-corrected chi connectivity index (χ4v) is 2.26. The van der Waals surface area contributed by atoms with E-state index >= 15 is 0 Å². The zero-order chi connectivity index (χ0) is 13.0. The van der Waals surface area contributed by atoms with Gasteiger partial charge in [-0.05, 0) is 25.1 Å². The Balaban J connectivity index is 1.97. The summed E-state index contributed by atoms with van der Waals surface area (Å²) in [5, 5.41) is 5.30. The lowest BCUT2D eigenvalue weighted by Gasteiger charge is -2.08. The number of carbonyl (C=O) groups is 1. The molecule has 0 atom stereocenters. The van der Waals surface area contributed by atoms with Crippen molar-refractivity contribution in [2.75, 3.05) is 17.6 Å². The van der Waals surface area contributed by atoms with E-state index in [1.165, 1.54) is 6.92 Å². The third-order valence-electron chi connectivity index (χ3n) is 2.63. The van der Waals surface area contributed by atoms with Crippen LogP contribution in [-0.2, 0) is 6.42 Å². The van der Waals surface area contributed by atoms with E-state index in [9.17, 15) is 4.79 Å². The van der Waals surface area contributed by atoms with Gasteiger partial charge in [0.05, 0.1) is 11.2 Å². The Morgan fingerprint density at radius 3 is 3.00 bits per heavy atom. The number of hydrogen-bond acceptors (Lipinski definition) is 5. The third kappa shape index (κ3) is 3.07. The van der Waals surface area contributed by atoms with Crippen LogP contribution in [0.2, 0.25) is 0 Å². The van der Waals surface area contributed by atoms with E-state index in [-0.39, 0.29) is 5.78 Å². The number of thiazole rings is 1. The van der Waals surface area contributed by atoms with Crippen molar-refractivity contribution in [1.82, 2.24) is 4.98 Å². The maximum Gasteiger partial charge on any atom is 0.161 e. The summed E-state index contributed by atoms with van der Waals surface area (Å²) in [6, 6.07) is 5.42. The van der Waals surface area contributed by atoms with E-state index < -0.39 is 0 Å². The number of nitrogen functional groups attached to an aromatic ring is 1. The van der Waals surface area contributed by atoms with Gasteiger partial charge in [-0.15, -0.1) is 11.3 Å². The van der Waals surface area contributed by atoms with Gasteiger partial charge in [0, 0.05) is 35.3 Å². The number of hydrogen-bond donors (Lipinski definition) is 2. The monoisotopic (exact) mass is 261 g/mol. The van der Waals surface area contributed by atoms with Crippen LogP contribution in [0.4, 0.5) is 11.4 Å². The van der Waals surface area contributed by atoms with Crippen LogP contribution < -0.4 is 11.1 Å². The average molecular weight is 261 g/mol. The van der Waals surface area contributed by atoms with E-state index in [0.717, 1.165) is 24.3 Å². The summed E-state index contributed by atoms with van der Waals surface area (Å²) in [5.41, 5.74) is 10.6. The quantitative estimate of drug-likeness (QED) is 0.641. The molecule has 5 heteroatoms. The molecule has 0 saturated heterocycles. The minimum Gasteiger partial charge on any atom is -0.398 e. The number of aromatic nitrogens is 1. The van der Waals surface area contributed by atoms with Crippen LogP contribution in [0.5, 0.6) is 0 Å². The van der Waals surface area contributed by atoms with Crippen molar-refractivity contribution in [2.24, 2.45) is 0 Å². The predicted octanol–water partition coefficient (Wildman–Crippen LogP) is 2.58. The molecule has 0 aliphatic carbocycles. The number of benzene rings is 1. The van der Waals surface area contributed by atoms with E-state index in [4.69, 9.17) is 5.73 Å². The molecule has 0 unspecified atom stereocenters. The molecule has 1 heterocycles. The number of carbonyl (C=O) groups excluding carboxylic acids is 1. The lowest BCUT2D eigenvalue weighted by molar-refractivity contribution is 0.101. The Kier molecular flexibility index (Phi) is 3.94. The average Bonchev–Trinajstić information content (AvgIpc) is 2.84. The largest absolute Gasteiger partial charge is 0.398 e. The molecule has 1 aromatic heterocycles. The minimum atomic E-state index is -0.0179. The molecule has 0 aliphatic heterocycles. The maximum absolute atomic E-state index is 11.4. The first-order chi connectivity index (χ1) is 8.66. The molecule has 4 nitrogen and oxygen atoms in total. The van der Waals surface area contributed by atoms with Crippen LogP contribution in [0.15, 0.2) is 29.1 Å². The first-order valence-electron chi connectivity index (χ1n) is 5.68. The summed E-state index contributed by atoms with van der Waals surface area (Å²) in [5.74, 6) is -0.0179. The van der Waals surface area contributed by atoms with Crippen LogP contribution >= 0.6 is 11.3 Å². The smallest absolute Gasteiger partial charge is 0.161 e. The summed E-state index contributed by atoms with van der Waals surface area (Å²) in [6.07, 6.45) is 0.864. The number of nitrogens with one attached hydrogen (secondary N) is 1. The second kappa shape index (κ2) is 5.64. The number of rotatable bonds is 5. The van der Waals surface area contributed by atoms with Crippen molar-refractivity contribution >= 4 is 28.5 Å². The SMILES string of the molecule is CC(=O)c1cc(NCCc2cscn2)ccc1N. The summed E-state index contributed by atoms with van der Waals surface area (Å²) in [7, 11) is 0. The van der Waals surface area contributed by atoms with Crippen molar-refractivity contribution in [1.29, 1.82) is 0 Å². The van der Waals surface area contributed by atoms with Gasteiger partial charge in [-0.25, -0.2) is 4.98 Å². The zero-order valence-electron chi connectivity index (χ0n) is 10.1. The van der Waals surface area contributed by atoms with Crippen molar-refractivity contribution in [3.63, 3.8) is 0 Å². The van der Waals surface area contributed by atoms with Gasteiger partial charge in [-0.3, -0.25) is 4.79 Å². The Morgan fingerprint density at radius 2 is 2.33 bits per heavy atom. The van der Waals surface area contributed by atoms with Crippen LogP contribution in [0.25, 0.3) is 0 Å². The fraction of sp³-hybridized carbons (Fsp3) is 0.231. The van der Waals surface area contributed by atoms with Gasteiger partial charge >= 0.3 is 0 Å². The molecule has 2 aromatic rings. The van der Waals surface area contributed by atoms with Crippen LogP contribution in [-0.4, -0.2) is 17.3 Å². The first kappa shape index (κ1) is 12.6. The predicted molar refractivity (Wildman–Crippen MR) is 75.2 cm³/mol. The van der Waals surface area contributed by atoms with Gasteiger partial charge in [0.15, 0.2) is 5.78 Å². The second-order valence-corrected chi connectivity index (χ2v) is 4.73. The lowest BCUT2D eigenvalue weighted by atomic mass is 10.1. The van der Waals surface area contributed by atoms with Gasteiger partial charge in [0.1, 0.15) is 0 Å². The number of ketones is 1. The van der Waals surface area contributed by atoms with E-state index in [1.807, 2.05) is 17.0 Å². The minimum absolute atomic E-state index is 0.0179. The van der Waals surface area contributed by atoms with E-state index in [1.54, 1.807) is 23.5 Å². The summed E-state index contributed by atoms with van der Waals surface area (Å²) in [4.78, 5) is 15.6. The number of Topliss-reactive ketones (excluding diaryl/α,β-unsaturated/α-hetero) is 1. The van der Waals surface area contributed by atoms with Crippen molar-refractivity contribution in [3.05, 3.63) is 40.3 Å². The lowest BCUT2D eigenvalue weighted by Crippen LogP contribution is -2.07. The molecular formula is C13H15N3OS. The Morgan fingerprint density at radius 1 is 1.50 bits per heavy atom. The molecule has 0 radical (unpaired) electrons. The normalized spacial score (nSPS) is 10.3. The summed E-state index contributed by atoms with van der Waals surface area (Å²) in [6.45, 7) is 2.30. The Bertz CT molecular complexity index is 537. The molecular weight excluding hydrogens is 246 g/mol. The highest BCUT2D eigenvalue weighted by Gasteiger charge is 2.05. The standard InChI is InChI=1S/C13H15N3OS/c1-9(17)12-6-10(2-3-13(12)14)15-5-4-11-7-18-8-16-11/h2-3,6-8,15H,4-5,14H2,1H3. The van der Waals surface area contributed by atoms with Crippen molar-refractivity contribution in [2.45, 2.75) is 13.3 Å². The Hall–Kier alpha value is -1.88. The highest BCUT2D eigenvalue weighted by Crippen LogP contribution is 2.18. The molecule has 18 heavy (non-hydrogen) atoms. The third-order valence-corrected chi connectivity index (χ3v) is 3.26. The van der Waals surface area contributed by atoms with Gasteiger partial charge in [0.2, 0.25) is 0 Å². The molecule has 94 valence electrons. The van der Waals surface area contributed by atoms with Crippen LogP contribution in [0, 0.1) is 0 Å². The van der Waals surface area contributed by atoms with Gasteiger partial charge in [-0.1, -0.05) is 0 Å². The molecule has 0 aliphatic rings. The molecule has 0 fully saturated rings. The fourth-order valence-electron chi connectivity index (χ4n) is 1.67. The van der Waals surface area contributed by atoms with E-state index in [0.29, 0.717) is 11.3 Å². The Labute approximate surface area is 110 Å². The molecule has 0 bridgehead atoms. The molecule has 0 spiro atoms. The van der Waals surface area contributed by atoms with Crippen molar-refractivity contribution in [3.8, 4) is 0 Å². The number of nitrogens with two attached hydrogens (primary N) is 1. The molecule has 2 rings (SSSR count). The zero-order valence-corrected chi connectivity index (χ0v) is 11.0. The number of anilines is 2. The molecule has 1 aromatic carbocycles. The van der Waals surface area contributed by atoms with Crippen LogP contribution in [0.3, 0.4) is 0 Å². The van der Waals surface area contributed by atoms with Gasteiger partial charge in [-0.2, -0.15) is 0 Å². The molecule has 0 amide bonds. The second-order valence-electron chi connectivity index (χ2n) is 4.01. The van der Waals surface area contributed by atoms with Gasteiger partial charge < -0.3 is 11.1 Å². The van der Waals surface area contributed by atoms with E-state index in [2.05, 4.69) is 10.3 Å². The highest BCUT2D eigenvalue weighted by molar-refractivity contribution is 7.07. The van der Waals surface area contributed by atoms with Crippen molar-refractivity contribution < 1.29 is 4.79 Å². The molecule has 3 N–H and O–H groups in total. The summed E-state index contributed by atoms with van der Waals surface area (Å²) < 4.78 is 0. The highest BCUT2D eigenvalue weighted by atomic mass is 32.1. The topological polar surface area (TPSA) is 68.0 Å². The first-order valence-corrected chi connectivity index (χ1v) is 6.62. The number of nitrogens with zero attached hydrogens (tertiary/aromatic N) is 1. The summed E-state index contributed by atoms with van der Waals surface area (Å²) >= 11 is 1.59.